The number of hydrogen-bond acceptors (Lipinski definition) is 4. The zero-order valence-electron chi connectivity index (χ0n) is 11.1. The van der Waals surface area contributed by atoms with Gasteiger partial charge in [-0.25, -0.2) is 13.1 Å². The van der Waals surface area contributed by atoms with Crippen LogP contribution in [-0.2, 0) is 16.6 Å². The number of rotatable bonds is 5. The maximum Gasteiger partial charge on any atom is 0.250 e. The summed E-state index contributed by atoms with van der Waals surface area (Å²) < 4.78 is 27.5. The predicted octanol–water partition coefficient (Wildman–Crippen LogP) is 3.55. The van der Waals surface area contributed by atoms with Gasteiger partial charge in [0, 0.05) is 22.6 Å². The van der Waals surface area contributed by atoms with E-state index in [0.29, 0.717) is 22.2 Å². The van der Waals surface area contributed by atoms with Gasteiger partial charge in [-0.2, -0.15) is 0 Å². The lowest BCUT2D eigenvalue weighted by molar-refractivity contribution is 0.569. The molecule has 1 unspecified atom stereocenters. The van der Waals surface area contributed by atoms with Crippen LogP contribution in [0.1, 0.15) is 24.1 Å². The molecular weight excluding hydrogens is 351 g/mol. The Bertz CT molecular complexity index is 744. The fourth-order valence-electron chi connectivity index (χ4n) is 1.81. The highest BCUT2D eigenvalue weighted by molar-refractivity contribution is 7.91. The second-order valence-electron chi connectivity index (χ2n) is 4.49. The second kappa shape index (κ2) is 6.64. The van der Waals surface area contributed by atoms with Crippen molar-refractivity contribution in [3.63, 3.8) is 0 Å². The monoisotopic (exact) mass is 364 g/mol. The molecule has 0 spiro atoms. The molecule has 0 amide bonds. The minimum atomic E-state index is -3.60. The molecule has 0 fully saturated rings. The molecule has 2 rings (SSSR count). The zero-order chi connectivity index (χ0) is 15.6. The van der Waals surface area contributed by atoms with Crippen LogP contribution in [0, 0.1) is 0 Å². The summed E-state index contributed by atoms with van der Waals surface area (Å²) in [5.41, 5.74) is 6.95. The van der Waals surface area contributed by atoms with Crippen LogP contribution in [0.15, 0.2) is 33.9 Å². The lowest BCUT2D eigenvalue weighted by atomic mass is 10.1. The fourth-order valence-corrected chi connectivity index (χ4v) is 4.84. The standard InChI is InChI=1S/C13H14Cl2N2O2S2/c1-8(11-3-2-10(14)5-12(11)15)17-21(18,19)13-4-9(6-16)7-20-13/h2-5,7-8,17H,6,16H2,1H3. The topological polar surface area (TPSA) is 72.2 Å². The smallest absolute Gasteiger partial charge is 0.250 e. The second-order valence-corrected chi connectivity index (χ2v) is 8.18. The van der Waals surface area contributed by atoms with Crippen LogP contribution < -0.4 is 10.5 Å². The Labute approximate surface area is 137 Å². The molecule has 8 heteroatoms. The first-order valence-corrected chi connectivity index (χ1v) is 9.20. The summed E-state index contributed by atoms with van der Waals surface area (Å²) in [5.74, 6) is 0. The molecule has 0 aliphatic heterocycles. The van der Waals surface area contributed by atoms with E-state index >= 15 is 0 Å². The average Bonchev–Trinajstić information content (AvgIpc) is 2.87. The van der Waals surface area contributed by atoms with Crippen LogP contribution >= 0.6 is 34.5 Å². The molecule has 0 aliphatic rings. The summed E-state index contributed by atoms with van der Waals surface area (Å²) in [7, 11) is -3.60. The highest BCUT2D eigenvalue weighted by Gasteiger charge is 2.21. The summed E-state index contributed by atoms with van der Waals surface area (Å²) in [6.07, 6.45) is 0. The molecule has 1 atom stereocenters. The van der Waals surface area contributed by atoms with Crippen molar-refractivity contribution in [1.82, 2.24) is 4.72 Å². The van der Waals surface area contributed by atoms with Gasteiger partial charge in [-0.1, -0.05) is 29.3 Å². The molecule has 0 bridgehead atoms. The van der Waals surface area contributed by atoms with Gasteiger partial charge >= 0.3 is 0 Å². The minimum Gasteiger partial charge on any atom is -0.326 e. The van der Waals surface area contributed by atoms with E-state index in [1.54, 1.807) is 36.6 Å². The van der Waals surface area contributed by atoms with E-state index in [1.165, 1.54) is 0 Å². The summed E-state index contributed by atoms with van der Waals surface area (Å²) >= 11 is 13.1. The van der Waals surface area contributed by atoms with Crippen LogP contribution in [0.4, 0.5) is 0 Å². The minimum absolute atomic E-state index is 0.236. The van der Waals surface area contributed by atoms with Gasteiger partial charge in [0.25, 0.3) is 10.0 Å². The van der Waals surface area contributed by atoms with Gasteiger partial charge in [0.05, 0.1) is 0 Å². The van der Waals surface area contributed by atoms with E-state index in [2.05, 4.69) is 4.72 Å². The normalized spacial score (nSPS) is 13.3. The molecule has 21 heavy (non-hydrogen) atoms. The quantitative estimate of drug-likeness (QED) is 0.851. The Kier molecular flexibility index (Phi) is 5.29. The average molecular weight is 365 g/mol. The summed E-state index contributed by atoms with van der Waals surface area (Å²) in [4.78, 5) is 0. The van der Waals surface area contributed by atoms with Gasteiger partial charge in [-0.05, 0) is 41.6 Å². The first-order valence-electron chi connectivity index (χ1n) is 6.08. The molecule has 3 N–H and O–H groups in total. The van der Waals surface area contributed by atoms with Crippen molar-refractivity contribution in [1.29, 1.82) is 0 Å². The molecular formula is C13H14Cl2N2O2S2. The van der Waals surface area contributed by atoms with Crippen molar-refractivity contribution in [2.75, 3.05) is 0 Å². The van der Waals surface area contributed by atoms with Gasteiger partial charge in [-0.3, -0.25) is 0 Å². The van der Waals surface area contributed by atoms with Gasteiger partial charge in [0.2, 0.25) is 0 Å². The highest BCUT2D eigenvalue weighted by Crippen LogP contribution is 2.28. The Morgan fingerprint density at radius 3 is 2.62 bits per heavy atom. The van der Waals surface area contributed by atoms with Crippen molar-refractivity contribution in [2.45, 2.75) is 23.7 Å². The third-order valence-corrected chi connectivity index (χ3v) is 6.48. The molecule has 0 radical (unpaired) electrons. The van der Waals surface area contributed by atoms with Crippen LogP contribution in [0.25, 0.3) is 0 Å². The van der Waals surface area contributed by atoms with E-state index < -0.39 is 16.1 Å². The Hall–Kier alpha value is -0.630. The van der Waals surface area contributed by atoms with Crippen molar-refractivity contribution in [2.24, 2.45) is 5.73 Å². The van der Waals surface area contributed by atoms with Crippen molar-refractivity contribution in [3.8, 4) is 0 Å². The Balaban J connectivity index is 2.23. The van der Waals surface area contributed by atoms with E-state index in [4.69, 9.17) is 28.9 Å². The third kappa shape index (κ3) is 3.97. The first-order chi connectivity index (χ1) is 9.83. The van der Waals surface area contributed by atoms with E-state index in [9.17, 15) is 8.42 Å². The van der Waals surface area contributed by atoms with E-state index in [-0.39, 0.29) is 4.21 Å². The van der Waals surface area contributed by atoms with Crippen molar-refractivity contribution >= 4 is 44.6 Å². The number of benzene rings is 1. The van der Waals surface area contributed by atoms with Crippen LogP contribution in [0.3, 0.4) is 0 Å². The molecule has 0 aliphatic carbocycles. The van der Waals surface area contributed by atoms with Gasteiger partial charge in [-0.15, -0.1) is 11.3 Å². The van der Waals surface area contributed by atoms with Crippen molar-refractivity contribution in [3.05, 3.63) is 50.8 Å². The Morgan fingerprint density at radius 1 is 1.33 bits per heavy atom. The highest BCUT2D eigenvalue weighted by atomic mass is 35.5. The van der Waals surface area contributed by atoms with E-state index in [0.717, 1.165) is 16.9 Å². The van der Waals surface area contributed by atoms with Crippen LogP contribution in [-0.4, -0.2) is 8.42 Å². The molecule has 1 heterocycles. The summed E-state index contributed by atoms with van der Waals surface area (Å²) in [6.45, 7) is 2.04. The van der Waals surface area contributed by atoms with Crippen molar-refractivity contribution < 1.29 is 8.42 Å². The molecule has 1 aromatic heterocycles. The number of nitrogens with one attached hydrogen (secondary N) is 1. The molecule has 0 saturated carbocycles. The largest absolute Gasteiger partial charge is 0.326 e. The predicted molar refractivity (Wildman–Crippen MR) is 87.4 cm³/mol. The van der Waals surface area contributed by atoms with Gasteiger partial charge < -0.3 is 5.73 Å². The number of nitrogens with two attached hydrogens (primary N) is 1. The number of hydrogen-bond donors (Lipinski definition) is 2. The third-order valence-electron chi connectivity index (χ3n) is 2.89. The molecule has 0 saturated heterocycles. The zero-order valence-corrected chi connectivity index (χ0v) is 14.3. The fraction of sp³-hybridized carbons (Fsp3) is 0.231. The first kappa shape index (κ1) is 16.7. The maximum absolute atomic E-state index is 12.3. The summed E-state index contributed by atoms with van der Waals surface area (Å²) in [6, 6.07) is 6.07. The molecule has 4 nitrogen and oxygen atoms in total. The van der Waals surface area contributed by atoms with E-state index in [1.807, 2.05) is 0 Å². The molecule has 2 aromatic rings. The van der Waals surface area contributed by atoms with Gasteiger partial charge in [0.15, 0.2) is 0 Å². The molecule has 114 valence electrons. The lowest BCUT2D eigenvalue weighted by Gasteiger charge is -2.15. The van der Waals surface area contributed by atoms with Crippen LogP contribution in [0.2, 0.25) is 10.0 Å². The number of thiophene rings is 1. The maximum atomic E-state index is 12.3. The van der Waals surface area contributed by atoms with Gasteiger partial charge in [0.1, 0.15) is 4.21 Å². The summed E-state index contributed by atoms with van der Waals surface area (Å²) in [5, 5.41) is 2.66. The van der Waals surface area contributed by atoms with Crippen LogP contribution in [0.5, 0.6) is 0 Å². The molecule has 1 aromatic carbocycles. The SMILES string of the molecule is CC(NS(=O)(=O)c1cc(CN)cs1)c1ccc(Cl)cc1Cl. The Morgan fingerprint density at radius 2 is 2.05 bits per heavy atom. The number of sulfonamides is 1. The lowest BCUT2D eigenvalue weighted by Crippen LogP contribution is -2.26. The number of halogens is 2.